The summed E-state index contributed by atoms with van der Waals surface area (Å²) >= 11 is 0. The summed E-state index contributed by atoms with van der Waals surface area (Å²) < 4.78 is 4.91. The van der Waals surface area contributed by atoms with E-state index in [1.54, 1.807) is 36.4 Å². The van der Waals surface area contributed by atoms with E-state index in [0.29, 0.717) is 29.1 Å². The lowest BCUT2D eigenvalue weighted by Crippen LogP contribution is -2.30. The van der Waals surface area contributed by atoms with Crippen LogP contribution in [0.4, 0.5) is 0 Å². The topological polar surface area (TPSA) is 104 Å². The Morgan fingerprint density at radius 3 is 2.45 bits per heavy atom. The molecule has 1 aliphatic heterocycles. The number of carbonyl (C=O) groups excluding carboxylic acids is 2. The summed E-state index contributed by atoms with van der Waals surface area (Å²) in [7, 11) is 1.52. The van der Waals surface area contributed by atoms with Crippen LogP contribution in [0.25, 0.3) is 5.70 Å². The van der Waals surface area contributed by atoms with E-state index >= 15 is 0 Å². The van der Waals surface area contributed by atoms with Crippen LogP contribution in [-0.4, -0.2) is 37.9 Å². The lowest BCUT2D eigenvalue weighted by Gasteiger charge is -2.06. The van der Waals surface area contributed by atoms with Crippen molar-refractivity contribution >= 4 is 23.3 Å². The minimum absolute atomic E-state index is 0.117. The number of carbonyl (C=O) groups is 2. The monoisotopic (exact) mass is 388 g/mol. The zero-order valence-corrected chi connectivity index (χ0v) is 16.2. The molecule has 0 fully saturated rings. The highest BCUT2D eigenvalue weighted by molar-refractivity contribution is 6.20. The summed E-state index contributed by atoms with van der Waals surface area (Å²) in [6.45, 7) is 2.55. The lowest BCUT2D eigenvalue weighted by atomic mass is 10.0. The number of hydrogen-bond donors (Lipinski definition) is 2. The third-order valence-corrected chi connectivity index (χ3v) is 4.37. The predicted octanol–water partition coefficient (Wildman–Crippen LogP) is 2.18. The van der Waals surface area contributed by atoms with Gasteiger partial charge in [-0.3, -0.25) is 9.59 Å². The highest BCUT2D eigenvalue weighted by Gasteiger charge is 2.27. The number of amides is 2. The summed E-state index contributed by atoms with van der Waals surface area (Å²) in [6, 6.07) is 16.2. The van der Waals surface area contributed by atoms with Crippen LogP contribution in [0.1, 0.15) is 27.0 Å². The fraction of sp³-hybridized carbons (Fsp3) is 0.182. The van der Waals surface area contributed by atoms with Crippen LogP contribution in [0.5, 0.6) is 0 Å². The number of nitriles is 1. The number of methoxy groups -OCH3 is 1. The summed E-state index contributed by atoms with van der Waals surface area (Å²) in [5, 5.41) is 15.0. The Hall–Kier alpha value is -3.76. The molecule has 2 aromatic carbocycles. The maximum absolute atomic E-state index is 12.6. The minimum Gasteiger partial charge on any atom is -0.383 e. The molecule has 0 atom stereocenters. The van der Waals surface area contributed by atoms with Crippen LogP contribution in [0.2, 0.25) is 0 Å². The van der Waals surface area contributed by atoms with E-state index in [-0.39, 0.29) is 23.7 Å². The van der Waals surface area contributed by atoms with E-state index in [9.17, 15) is 14.9 Å². The van der Waals surface area contributed by atoms with Crippen LogP contribution in [0.15, 0.2) is 59.1 Å². The molecule has 2 amide bonds. The van der Waals surface area contributed by atoms with Gasteiger partial charge in [0, 0.05) is 30.3 Å². The Bertz CT molecular complexity index is 1050. The summed E-state index contributed by atoms with van der Waals surface area (Å²) in [6.07, 6.45) is 0. The van der Waals surface area contributed by atoms with Gasteiger partial charge in [-0.1, -0.05) is 42.0 Å². The van der Waals surface area contributed by atoms with Gasteiger partial charge in [0.1, 0.15) is 17.5 Å². The molecule has 7 nitrogen and oxygen atoms in total. The maximum Gasteiger partial charge on any atom is 0.264 e. The minimum atomic E-state index is -0.538. The van der Waals surface area contributed by atoms with Crippen LogP contribution >= 0.6 is 0 Å². The predicted molar refractivity (Wildman–Crippen MR) is 109 cm³/mol. The van der Waals surface area contributed by atoms with E-state index < -0.39 is 5.91 Å². The van der Waals surface area contributed by atoms with Crippen LogP contribution in [0.3, 0.4) is 0 Å². The van der Waals surface area contributed by atoms with Crippen molar-refractivity contribution in [3.63, 3.8) is 0 Å². The van der Waals surface area contributed by atoms with Gasteiger partial charge in [-0.15, -0.1) is 0 Å². The largest absolute Gasteiger partial charge is 0.383 e. The number of nitrogens with zero attached hydrogens (tertiary/aromatic N) is 2. The molecule has 146 valence electrons. The molecule has 0 aliphatic carbocycles. The zero-order chi connectivity index (χ0) is 20.8. The molecule has 0 unspecified atom stereocenters. The van der Waals surface area contributed by atoms with Gasteiger partial charge in [0.15, 0.2) is 0 Å². The van der Waals surface area contributed by atoms with Crippen LogP contribution in [-0.2, 0) is 9.53 Å². The first-order chi connectivity index (χ1) is 14.0. The van der Waals surface area contributed by atoms with E-state index in [1.165, 1.54) is 7.11 Å². The van der Waals surface area contributed by atoms with Gasteiger partial charge in [0.05, 0.1) is 12.3 Å². The third-order valence-electron chi connectivity index (χ3n) is 4.37. The molecule has 7 heteroatoms. The first-order valence-corrected chi connectivity index (χ1v) is 9.03. The third kappa shape index (κ3) is 4.39. The molecule has 29 heavy (non-hydrogen) atoms. The molecular weight excluding hydrogens is 368 g/mol. The van der Waals surface area contributed by atoms with Gasteiger partial charge in [-0.05, 0) is 19.1 Å². The molecule has 2 N–H and O–H groups in total. The molecule has 0 spiro atoms. The molecular formula is C22H20N4O3. The van der Waals surface area contributed by atoms with Crippen molar-refractivity contribution in [1.82, 2.24) is 10.6 Å². The normalized spacial score (nSPS) is 13.8. The molecule has 3 rings (SSSR count). The SMILES string of the molecule is COCCNC(=O)/C(C#N)=C1\N=C(NC(=O)c2ccc(C)cc2)c2ccccc21. The Morgan fingerprint density at radius 1 is 1.10 bits per heavy atom. The molecule has 0 radical (unpaired) electrons. The zero-order valence-electron chi connectivity index (χ0n) is 16.2. The highest BCUT2D eigenvalue weighted by atomic mass is 16.5. The first kappa shape index (κ1) is 20.0. The Morgan fingerprint density at radius 2 is 1.79 bits per heavy atom. The number of fused-ring (bicyclic) bond motifs is 1. The second kappa shape index (κ2) is 8.95. The van der Waals surface area contributed by atoms with Crippen molar-refractivity contribution in [3.05, 3.63) is 76.4 Å². The van der Waals surface area contributed by atoms with Gasteiger partial charge in [0.25, 0.3) is 11.8 Å². The number of ether oxygens (including phenoxy) is 1. The second-order valence-electron chi connectivity index (χ2n) is 6.41. The van der Waals surface area contributed by atoms with Crippen LogP contribution < -0.4 is 10.6 Å². The number of nitrogens with one attached hydrogen (secondary N) is 2. The number of amidine groups is 1. The average Bonchev–Trinajstić information content (AvgIpc) is 3.07. The molecule has 0 aromatic heterocycles. The standard InChI is InChI=1S/C22H20N4O3/c1-14-7-9-15(10-8-14)21(27)26-20-17-6-4-3-5-16(17)19(25-20)18(13-23)22(28)24-11-12-29-2/h3-10H,11-12H2,1-2H3,(H,24,28)(H,25,26,27)/b19-18-. The van der Waals surface area contributed by atoms with Crippen molar-refractivity contribution in [2.45, 2.75) is 6.92 Å². The lowest BCUT2D eigenvalue weighted by molar-refractivity contribution is -0.117. The Kier molecular flexibility index (Phi) is 6.17. The molecule has 2 aromatic rings. The summed E-state index contributed by atoms with van der Waals surface area (Å²) in [5.41, 5.74) is 2.93. The molecule has 1 heterocycles. The number of hydrogen-bond acceptors (Lipinski definition) is 5. The van der Waals surface area contributed by atoms with Crippen molar-refractivity contribution in [2.24, 2.45) is 4.99 Å². The van der Waals surface area contributed by atoms with E-state index in [1.807, 2.05) is 25.1 Å². The fourth-order valence-electron chi connectivity index (χ4n) is 2.87. The van der Waals surface area contributed by atoms with Crippen molar-refractivity contribution < 1.29 is 14.3 Å². The molecule has 1 aliphatic rings. The van der Waals surface area contributed by atoms with Crippen molar-refractivity contribution in [3.8, 4) is 6.07 Å². The maximum atomic E-state index is 12.6. The van der Waals surface area contributed by atoms with Gasteiger partial charge >= 0.3 is 0 Å². The number of benzene rings is 2. The Balaban J connectivity index is 1.94. The van der Waals surface area contributed by atoms with Gasteiger partial charge in [0.2, 0.25) is 0 Å². The smallest absolute Gasteiger partial charge is 0.264 e. The van der Waals surface area contributed by atoms with Crippen LogP contribution in [0, 0.1) is 18.3 Å². The quantitative estimate of drug-likeness (QED) is 0.465. The first-order valence-electron chi connectivity index (χ1n) is 9.03. The van der Waals surface area contributed by atoms with Crippen molar-refractivity contribution in [2.75, 3.05) is 20.3 Å². The Labute approximate surface area is 168 Å². The molecule has 0 bridgehead atoms. The van der Waals surface area contributed by atoms with Gasteiger partial charge < -0.3 is 15.4 Å². The van der Waals surface area contributed by atoms with Gasteiger partial charge in [-0.25, -0.2) is 4.99 Å². The number of aryl methyl sites for hydroxylation is 1. The number of aliphatic imine (C=N–C) groups is 1. The second-order valence-corrected chi connectivity index (χ2v) is 6.41. The average molecular weight is 388 g/mol. The number of rotatable bonds is 5. The summed E-state index contributed by atoms with van der Waals surface area (Å²) in [5.74, 6) is -0.550. The van der Waals surface area contributed by atoms with Gasteiger partial charge in [-0.2, -0.15) is 5.26 Å². The van der Waals surface area contributed by atoms with Crippen molar-refractivity contribution in [1.29, 1.82) is 5.26 Å². The highest BCUT2D eigenvalue weighted by Crippen LogP contribution is 2.30. The molecule has 0 saturated heterocycles. The van der Waals surface area contributed by atoms with E-state index in [4.69, 9.17) is 4.74 Å². The molecule has 0 saturated carbocycles. The fourth-order valence-corrected chi connectivity index (χ4v) is 2.87. The van der Waals surface area contributed by atoms with E-state index in [0.717, 1.165) is 5.56 Å². The van der Waals surface area contributed by atoms with E-state index in [2.05, 4.69) is 15.6 Å². The summed E-state index contributed by atoms with van der Waals surface area (Å²) in [4.78, 5) is 29.4.